The fraction of sp³-hybridized carbons (Fsp3) is 0.720. The molecule has 1 aromatic rings. The van der Waals surface area contributed by atoms with Gasteiger partial charge in [0.1, 0.15) is 11.5 Å². The Morgan fingerprint density at radius 1 is 1.07 bits per heavy atom. The van der Waals surface area contributed by atoms with Gasteiger partial charge in [0.05, 0.1) is 7.11 Å². The Bertz CT molecular complexity index is 822. The van der Waals surface area contributed by atoms with Gasteiger partial charge in [0.15, 0.2) is 5.75 Å². The maximum absolute atomic E-state index is 12.6. The molecule has 0 heterocycles. The highest BCUT2D eigenvalue weighted by molar-refractivity contribution is 6.74. The lowest BCUT2D eigenvalue weighted by atomic mass is 9.55. The third-order valence-corrected chi connectivity index (χ3v) is 13.2. The van der Waals surface area contributed by atoms with Gasteiger partial charge in [-0.05, 0) is 91.2 Å². The smallest absolute Gasteiger partial charge is 0.250 e. The number of rotatable bonds is 3. The minimum atomic E-state index is -1.93. The maximum Gasteiger partial charge on any atom is 0.250 e. The van der Waals surface area contributed by atoms with Crippen LogP contribution in [0.5, 0.6) is 11.5 Å². The predicted octanol–water partition coefficient (Wildman–Crippen LogP) is 6.50. The van der Waals surface area contributed by atoms with Crippen molar-refractivity contribution in [1.82, 2.24) is 0 Å². The third kappa shape index (κ3) is 3.26. The van der Waals surface area contributed by atoms with Crippen LogP contribution in [0.2, 0.25) is 18.1 Å². The lowest BCUT2D eigenvalue weighted by Crippen LogP contribution is -2.44. The third-order valence-electron chi connectivity index (χ3n) is 8.89. The van der Waals surface area contributed by atoms with Gasteiger partial charge in [-0.3, -0.25) is 4.79 Å². The first kappa shape index (κ1) is 21.0. The van der Waals surface area contributed by atoms with Gasteiger partial charge in [0.25, 0.3) is 8.32 Å². The summed E-state index contributed by atoms with van der Waals surface area (Å²) in [6.45, 7) is 13.7. The second kappa shape index (κ2) is 6.86. The second-order valence-corrected chi connectivity index (χ2v) is 16.1. The molecule has 4 atom stereocenters. The molecule has 4 heteroatoms. The molecule has 0 bridgehead atoms. The van der Waals surface area contributed by atoms with Crippen LogP contribution in [0.15, 0.2) is 12.1 Å². The van der Waals surface area contributed by atoms with Crippen LogP contribution < -0.4 is 9.16 Å². The molecular formula is C25H38O3Si. The molecule has 3 aliphatic rings. The van der Waals surface area contributed by atoms with Crippen LogP contribution in [0.3, 0.4) is 0 Å². The number of carbonyl (C=O) groups is 1. The Hall–Kier alpha value is -1.29. The van der Waals surface area contributed by atoms with Crippen molar-refractivity contribution in [1.29, 1.82) is 0 Å². The molecule has 0 radical (unpaired) electrons. The zero-order chi connectivity index (χ0) is 21.2. The summed E-state index contributed by atoms with van der Waals surface area (Å²) in [7, 11) is -0.168. The summed E-state index contributed by atoms with van der Waals surface area (Å²) in [6.07, 6.45) is 6.35. The van der Waals surface area contributed by atoms with Crippen molar-refractivity contribution in [2.45, 2.75) is 90.3 Å². The number of benzene rings is 1. The second-order valence-electron chi connectivity index (χ2n) is 11.4. The summed E-state index contributed by atoms with van der Waals surface area (Å²) in [4.78, 5) is 12.6. The Morgan fingerprint density at radius 3 is 2.45 bits per heavy atom. The van der Waals surface area contributed by atoms with Crippen molar-refractivity contribution in [3.8, 4) is 11.5 Å². The average molecular weight is 415 g/mol. The number of methoxy groups -OCH3 is 1. The largest absolute Gasteiger partial charge is 0.541 e. The zero-order valence-electron chi connectivity index (χ0n) is 19.4. The molecule has 0 spiro atoms. The van der Waals surface area contributed by atoms with Crippen molar-refractivity contribution in [3.63, 3.8) is 0 Å². The minimum Gasteiger partial charge on any atom is -0.541 e. The van der Waals surface area contributed by atoms with E-state index < -0.39 is 8.32 Å². The molecule has 1 aromatic carbocycles. The highest BCUT2D eigenvalue weighted by Gasteiger charge is 2.54. The van der Waals surface area contributed by atoms with Gasteiger partial charge in [-0.1, -0.05) is 27.7 Å². The first-order valence-electron chi connectivity index (χ1n) is 11.4. The molecule has 3 nitrogen and oxygen atoms in total. The van der Waals surface area contributed by atoms with Gasteiger partial charge < -0.3 is 9.16 Å². The monoisotopic (exact) mass is 414 g/mol. The van der Waals surface area contributed by atoms with Crippen LogP contribution in [0, 0.1) is 17.3 Å². The van der Waals surface area contributed by atoms with Gasteiger partial charge in [-0.2, -0.15) is 0 Å². The van der Waals surface area contributed by atoms with E-state index in [1.54, 1.807) is 7.11 Å². The number of Topliss-reactive ketones (excluding diaryl/α,β-unsaturated/α-hetero) is 1. The molecule has 0 amide bonds. The highest BCUT2D eigenvalue weighted by Crippen LogP contribution is 2.60. The maximum atomic E-state index is 12.6. The molecule has 160 valence electrons. The quantitative estimate of drug-likeness (QED) is 0.529. The number of hydrogen-bond donors (Lipinski definition) is 0. The summed E-state index contributed by atoms with van der Waals surface area (Å²) in [5.41, 5.74) is 2.84. The van der Waals surface area contributed by atoms with Crippen LogP contribution in [0.25, 0.3) is 0 Å². The number of ether oxygens (including phenoxy) is 1. The molecule has 3 aliphatic carbocycles. The van der Waals surface area contributed by atoms with Crippen molar-refractivity contribution in [2.24, 2.45) is 17.3 Å². The molecule has 0 N–H and O–H groups in total. The predicted molar refractivity (Wildman–Crippen MR) is 120 cm³/mol. The molecule has 4 rings (SSSR count). The van der Waals surface area contributed by atoms with Crippen LogP contribution in [-0.4, -0.2) is 21.2 Å². The summed E-state index contributed by atoms with van der Waals surface area (Å²) in [5, 5.41) is 0.155. The van der Waals surface area contributed by atoms with E-state index in [-0.39, 0.29) is 10.5 Å². The van der Waals surface area contributed by atoms with E-state index in [9.17, 15) is 4.79 Å². The SMILES string of the molecule is COc1cc2c(cc1O[Si](C)(C)C(C)(C)C)CCC1C2CC[C@]2(C)C(=O)CCC12. The van der Waals surface area contributed by atoms with E-state index in [1.165, 1.54) is 17.5 Å². The zero-order valence-corrected chi connectivity index (χ0v) is 20.4. The molecule has 2 fully saturated rings. The Morgan fingerprint density at radius 2 is 1.79 bits per heavy atom. The Balaban J connectivity index is 1.67. The van der Waals surface area contributed by atoms with Crippen LogP contribution in [0.1, 0.15) is 76.8 Å². The lowest BCUT2D eigenvalue weighted by molar-refractivity contribution is -0.129. The van der Waals surface area contributed by atoms with Crippen molar-refractivity contribution < 1.29 is 14.0 Å². The van der Waals surface area contributed by atoms with Crippen molar-refractivity contribution in [3.05, 3.63) is 23.3 Å². The van der Waals surface area contributed by atoms with E-state index in [4.69, 9.17) is 9.16 Å². The fourth-order valence-corrected chi connectivity index (χ4v) is 7.03. The van der Waals surface area contributed by atoms with Gasteiger partial charge in [0, 0.05) is 11.8 Å². The molecule has 0 saturated heterocycles. The van der Waals surface area contributed by atoms with Gasteiger partial charge in [0.2, 0.25) is 0 Å². The van der Waals surface area contributed by atoms with Crippen molar-refractivity contribution in [2.75, 3.05) is 7.11 Å². The summed E-state index contributed by atoms with van der Waals surface area (Å²) >= 11 is 0. The number of hydrogen-bond acceptors (Lipinski definition) is 3. The number of ketones is 1. The topological polar surface area (TPSA) is 35.5 Å². The Kier molecular flexibility index (Phi) is 4.96. The molecule has 0 aliphatic heterocycles. The molecule has 29 heavy (non-hydrogen) atoms. The Labute approximate surface area is 177 Å². The van der Waals surface area contributed by atoms with E-state index >= 15 is 0 Å². The lowest BCUT2D eigenvalue weighted by Gasteiger charge is -2.48. The van der Waals surface area contributed by atoms with Crippen LogP contribution >= 0.6 is 0 Å². The van der Waals surface area contributed by atoms with Gasteiger partial charge >= 0.3 is 0 Å². The number of carbonyl (C=O) groups excluding carboxylic acids is 1. The average Bonchev–Trinajstić information content (AvgIpc) is 2.94. The summed E-state index contributed by atoms with van der Waals surface area (Å²) in [5.74, 6) is 4.10. The van der Waals surface area contributed by atoms with Gasteiger partial charge in [-0.15, -0.1) is 0 Å². The van der Waals surface area contributed by atoms with Crippen LogP contribution in [-0.2, 0) is 11.2 Å². The summed E-state index contributed by atoms with van der Waals surface area (Å²) in [6, 6.07) is 4.55. The molecule has 2 saturated carbocycles. The standard InChI is InChI=1S/C25H38O3Si/c1-24(2,3)29(6,7)28-22-14-16-8-9-18-17(19(16)15-21(22)27-5)12-13-25(4)20(18)10-11-23(25)26/h14-15,17-18,20H,8-13H2,1-7H3/t17?,18?,20?,25-/m0/s1. The molecule has 0 aromatic heterocycles. The normalized spacial score (nSPS) is 31.7. The summed E-state index contributed by atoms with van der Waals surface area (Å²) < 4.78 is 12.5. The number of aryl methyl sites for hydroxylation is 1. The van der Waals surface area contributed by atoms with E-state index in [1.807, 2.05) is 0 Å². The highest BCUT2D eigenvalue weighted by atomic mass is 28.4. The van der Waals surface area contributed by atoms with E-state index in [0.717, 1.165) is 43.6 Å². The van der Waals surface area contributed by atoms with Gasteiger partial charge in [-0.25, -0.2) is 0 Å². The van der Waals surface area contributed by atoms with E-state index in [0.29, 0.717) is 23.5 Å². The fourth-order valence-electron chi connectivity index (χ4n) is 6.02. The number of fused-ring (bicyclic) bond motifs is 5. The first-order valence-corrected chi connectivity index (χ1v) is 14.3. The van der Waals surface area contributed by atoms with E-state index in [2.05, 4.69) is 52.9 Å². The van der Waals surface area contributed by atoms with Crippen molar-refractivity contribution >= 4 is 14.1 Å². The molecular weight excluding hydrogens is 376 g/mol. The minimum absolute atomic E-state index is 0.0614. The first-order chi connectivity index (χ1) is 13.5. The molecule has 3 unspecified atom stereocenters. The van der Waals surface area contributed by atoms with Crippen LogP contribution in [0.4, 0.5) is 0 Å².